The fourth-order valence-electron chi connectivity index (χ4n) is 8.90. The number of unbranched alkanes of at least 4 members (excludes halogenated alkanes) is 33. The molecule has 6 N–H and O–H groups in total. The molecule has 376 valence electrons. The Balaban J connectivity index is 2.36. The standard InChI is InChI=1S/C52H103NO9S/c1-4-7-9-11-13-15-17-19-20-21-22-23-24-25-26-27-28-29-31-33-35-37-39-41-47(55)53-44(42-61-52-51(59)50(58)49(57)46(62-52)43-63(60)6-3)48(56)45(54)40-38-36-34-32-30-18-16-14-12-10-8-5-2/h44-46,48-52,54,56-59H,4-43H2,1-3H3,(H,53,55)/t44-,45+,46+,48-,49-,50-,51+,52-,63?/m0/s1. The summed E-state index contributed by atoms with van der Waals surface area (Å²) in [4.78, 5) is 13.1. The zero-order chi connectivity index (χ0) is 46.2. The highest BCUT2D eigenvalue weighted by atomic mass is 32.2. The Morgan fingerprint density at radius 2 is 0.905 bits per heavy atom. The van der Waals surface area contributed by atoms with Crippen molar-refractivity contribution in [1.82, 2.24) is 5.32 Å². The van der Waals surface area contributed by atoms with Crippen molar-refractivity contribution in [1.29, 1.82) is 0 Å². The highest BCUT2D eigenvalue weighted by molar-refractivity contribution is 7.84. The molecule has 0 aromatic carbocycles. The quantitative estimate of drug-likeness (QED) is 0.0326. The van der Waals surface area contributed by atoms with Crippen LogP contribution in [-0.4, -0.2) is 103 Å². The lowest BCUT2D eigenvalue weighted by atomic mass is 9.98. The molecule has 0 spiro atoms. The molecule has 11 heteroatoms. The van der Waals surface area contributed by atoms with Gasteiger partial charge in [-0.25, -0.2) is 0 Å². The number of ether oxygens (including phenoxy) is 2. The van der Waals surface area contributed by atoms with Crippen molar-refractivity contribution in [2.75, 3.05) is 18.1 Å². The summed E-state index contributed by atoms with van der Waals surface area (Å²) in [6.45, 7) is 5.97. The average Bonchev–Trinajstić information content (AvgIpc) is 3.28. The van der Waals surface area contributed by atoms with Crippen molar-refractivity contribution in [3.05, 3.63) is 0 Å². The third-order valence-electron chi connectivity index (χ3n) is 13.3. The molecule has 1 fully saturated rings. The highest BCUT2D eigenvalue weighted by Gasteiger charge is 2.45. The van der Waals surface area contributed by atoms with Crippen molar-refractivity contribution in [3.63, 3.8) is 0 Å². The van der Waals surface area contributed by atoms with E-state index in [9.17, 15) is 34.5 Å². The van der Waals surface area contributed by atoms with Gasteiger partial charge in [-0.05, 0) is 12.8 Å². The number of carbonyl (C=O) groups excluding carboxylic acids is 1. The zero-order valence-corrected chi connectivity index (χ0v) is 42.0. The van der Waals surface area contributed by atoms with Crippen molar-refractivity contribution in [2.24, 2.45) is 0 Å². The van der Waals surface area contributed by atoms with Crippen molar-refractivity contribution in [2.45, 2.75) is 307 Å². The van der Waals surface area contributed by atoms with Crippen LogP contribution >= 0.6 is 0 Å². The van der Waals surface area contributed by atoms with Crippen LogP contribution < -0.4 is 5.32 Å². The lowest BCUT2D eigenvalue weighted by Gasteiger charge is -2.40. The highest BCUT2D eigenvalue weighted by Crippen LogP contribution is 2.24. The Hall–Kier alpha value is -0.660. The molecule has 1 amide bonds. The summed E-state index contributed by atoms with van der Waals surface area (Å²) in [7, 11) is -1.31. The number of nitrogens with one attached hydrogen (secondary N) is 1. The second-order valence-corrected chi connectivity index (χ2v) is 21.0. The molecule has 1 aliphatic heterocycles. The Labute approximate surface area is 390 Å². The summed E-state index contributed by atoms with van der Waals surface area (Å²) >= 11 is 0. The van der Waals surface area contributed by atoms with Gasteiger partial charge in [-0.2, -0.15) is 0 Å². The summed E-state index contributed by atoms with van der Waals surface area (Å²) < 4.78 is 23.8. The summed E-state index contributed by atoms with van der Waals surface area (Å²) in [5, 5.41) is 56.8. The van der Waals surface area contributed by atoms with E-state index in [0.29, 0.717) is 12.2 Å². The van der Waals surface area contributed by atoms with Gasteiger partial charge in [-0.15, -0.1) is 0 Å². The monoisotopic (exact) mass is 918 g/mol. The second kappa shape index (κ2) is 42.7. The largest absolute Gasteiger partial charge is 0.390 e. The predicted octanol–water partition coefficient (Wildman–Crippen LogP) is 11.3. The van der Waals surface area contributed by atoms with Crippen LogP contribution in [0.25, 0.3) is 0 Å². The number of amides is 1. The van der Waals surface area contributed by atoms with Crippen LogP contribution in [-0.2, 0) is 25.1 Å². The van der Waals surface area contributed by atoms with E-state index in [-0.39, 0.29) is 24.7 Å². The minimum Gasteiger partial charge on any atom is -0.390 e. The average molecular weight is 918 g/mol. The topological polar surface area (TPSA) is 166 Å². The summed E-state index contributed by atoms with van der Waals surface area (Å²) in [6.07, 6.45) is 35.6. The van der Waals surface area contributed by atoms with E-state index in [1.54, 1.807) is 6.92 Å². The molecule has 0 aromatic rings. The number of aliphatic hydroxyl groups excluding tert-OH is 5. The first kappa shape index (κ1) is 60.4. The molecule has 63 heavy (non-hydrogen) atoms. The van der Waals surface area contributed by atoms with E-state index in [0.717, 1.165) is 51.4 Å². The second-order valence-electron chi connectivity index (χ2n) is 19.2. The number of rotatable bonds is 46. The maximum atomic E-state index is 13.1. The zero-order valence-electron chi connectivity index (χ0n) is 41.2. The first-order valence-corrected chi connectivity index (χ1v) is 28.5. The molecular formula is C52H103NO9S. The van der Waals surface area contributed by atoms with Gasteiger partial charge in [0, 0.05) is 23.0 Å². The molecule has 0 radical (unpaired) electrons. The maximum absolute atomic E-state index is 13.1. The van der Waals surface area contributed by atoms with Crippen LogP contribution in [0.4, 0.5) is 0 Å². The molecule has 10 nitrogen and oxygen atoms in total. The van der Waals surface area contributed by atoms with E-state index in [1.807, 2.05) is 0 Å². The van der Waals surface area contributed by atoms with Crippen LogP contribution in [0.15, 0.2) is 0 Å². The lowest BCUT2D eigenvalue weighted by molar-refractivity contribution is -0.294. The summed E-state index contributed by atoms with van der Waals surface area (Å²) in [6, 6.07) is -0.989. The third-order valence-corrected chi connectivity index (χ3v) is 14.6. The van der Waals surface area contributed by atoms with E-state index in [1.165, 1.54) is 173 Å². The predicted molar refractivity (Wildman–Crippen MR) is 262 cm³/mol. The number of hydrogen-bond acceptors (Lipinski definition) is 9. The molecule has 0 aliphatic carbocycles. The first-order chi connectivity index (χ1) is 30.7. The summed E-state index contributed by atoms with van der Waals surface area (Å²) in [5.41, 5.74) is 0. The molecule has 0 bridgehead atoms. The number of carbonyl (C=O) groups is 1. The van der Waals surface area contributed by atoms with Crippen LogP contribution in [0.5, 0.6) is 0 Å². The van der Waals surface area contributed by atoms with Gasteiger partial charge in [0.15, 0.2) is 6.29 Å². The fraction of sp³-hybridized carbons (Fsp3) is 0.981. The van der Waals surface area contributed by atoms with Crippen LogP contribution in [0.1, 0.15) is 258 Å². The number of aliphatic hydroxyl groups is 5. The molecule has 9 atom stereocenters. The van der Waals surface area contributed by atoms with Crippen molar-refractivity contribution < 1.29 is 44.0 Å². The number of hydrogen-bond donors (Lipinski definition) is 6. The molecule has 1 saturated heterocycles. The maximum Gasteiger partial charge on any atom is 0.220 e. The third kappa shape index (κ3) is 32.6. The van der Waals surface area contributed by atoms with Gasteiger partial charge in [0.05, 0.1) is 24.5 Å². The molecule has 1 unspecified atom stereocenters. The molecule has 0 saturated carbocycles. The minimum atomic E-state index is -1.60. The molecular weight excluding hydrogens is 815 g/mol. The molecule has 1 aliphatic rings. The van der Waals surface area contributed by atoms with Gasteiger partial charge in [0.25, 0.3) is 0 Å². The Kier molecular flexibility index (Phi) is 40.9. The van der Waals surface area contributed by atoms with Gasteiger partial charge in [-0.3, -0.25) is 9.00 Å². The van der Waals surface area contributed by atoms with Crippen LogP contribution in [0.3, 0.4) is 0 Å². The van der Waals surface area contributed by atoms with E-state index < -0.39 is 59.8 Å². The van der Waals surface area contributed by atoms with Crippen molar-refractivity contribution in [3.8, 4) is 0 Å². The van der Waals surface area contributed by atoms with E-state index in [4.69, 9.17) is 9.47 Å². The molecule has 1 heterocycles. The molecule has 1 rings (SSSR count). The van der Waals surface area contributed by atoms with Gasteiger partial charge >= 0.3 is 0 Å². The van der Waals surface area contributed by atoms with Crippen LogP contribution in [0.2, 0.25) is 0 Å². The van der Waals surface area contributed by atoms with Gasteiger partial charge in [0.1, 0.15) is 30.5 Å². The smallest absolute Gasteiger partial charge is 0.220 e. The minimum absolute atomic E-state index is 0.0403. The van der Waals surface area contributed by atoms with Gasteiger partial charge in [0.2, 0.25) is 5.91 Å². The van der Waals surface area contributed by atoms with E-state index >= 15 is 0 Å². The Morgan fingerprint density at radius 1 is 0.540 bits per heavy atom. The van der Waals surface area contributed by atoms with Gasteiger partial charge < -0.3 is 40.3 Å². The van der Waals surface area contributed by atoms with Gasteiger partial charge in [-0.1, -0.05) is 239 Å². The van der Waals surface area contributed by atoms with E-state index in [2.05, 4.69) is 19.2 Å². The normalized spacial score (nSPS) is 21.0. The molecule has 0 aromatic heterocycles. The summed E-state index contributed by atoms with van der Waals surface area (Å²) in [5.74, 6) is 0.0512. The Bertz CT molecular complexity index is 1040. The fourth-order valence-corrected chi connectivity index (χ4v) is 9.78. The first-order valence-electron chi connectivity index (χ1n) is 27.0. The SMILES string of the molecule is CCCCCCCCCCCCCCCCCCCCCCCCCC(=O)N[C@@H](CO[C@H]1O[C@H](CS(=O)CC)[C@H](O)[C@H](O)[C@H]1O)[C@H](O)[C@H](O)CCCCCCCCCCCCCC. The van der Waals surface area contributed by atoms with Crippen molar-refractivity contribution >= 4 is 16.7 Å². The lowest BCUT2D eigenvalue weighted by Crippen LogP contribution is -2.60. The Morgan fingerprint density at radius 3 is 1.29 bits per heavy atom. The van der Waals surface area contributed by atoms with Crippen LogP contribution in [0, 0.1) is 0 Å².